The van der Waals surface area contributed by atoms with Crippen molar-refractivity contribution in [3.63, 3.8) is 0 Å². The molecule has 5 aromatic rings. The Morgan fingerprint density at radius 3 is 2.36 bits per heavy atom. The van der Waals surface area contributed by atoms with Crippen LogP contribution in [0.4, 0.5) is 5.69 Å². The lowest BCUT2D eigenvalue weighted by Gasteiger charge is -2.18. The van der Waals surface area contributed by atoms with E-state index in [1.807, 2.05) is 48.5 Å². The molecule has 2 heterocycles. The third-order valence-corrected chi connectivity index (χ3v) is 6.49. The Balaban J connectivity index is 1.19. The van der Waals surface area contributed by atoms with Crippen molar-refractivity contribution in [1.82, 2.24) is 10.3 Å². The van der Waals surface area contributed by atoms with Crippen LogP contribution in [0.2, 0.25) is 5.02 Å². The molecule has 1 amide bonds. The van der Waals surface area contributed by atoms with Crippen LogP contribution in [0, 0.1) is 0 Å². The fourth-order valence-corrected chi connectivity index (χ4v) is 4.27. The number of halogens is 1. The standard InChI is InChI=1S/C31H26ClN3O3S/c1-31(2,3)21-8-4-20(5-9-21)29-34-25-18-23(12-15-27(25)38-29)33-30(39)35-28(36)17-14-24-13-16-26(37-24)19-6-10-22(32)11-7-19/h4-18H,1-3H3,(H2,33,35,36,39). The van der Waals surface area contributed by atoms with Crippen LogP contribution in [0.1, 0.15) is 32.1 Å². The molecule has 8 heteroatoms. The van der Waals surface area contributed by atoms with Crippen molar-refractivity contribution in [3.05, 3.63) is 101 Å². The average molecular weight is 556 g/mol. The van der Waals surface area contributed by atoms with E-state index in [0.29, 0.717) is 39.2 Å². The van der Waals surface area contributed by atoms with Gasteiger partial charge in [0.1, 0.15) is 17.0 Å². The van der Waals surface area contributed by atoms with Crippen LogP contribution in [-0.4, -0.2) is 16.0 Å². The molecule has 0 bridgehead atoms. The quantitative estimate of drug-likeness (QED) is 0.168. The van der Waals surface area contributed by atoms with Gasteiger partial charge in [0.15, 0.2) is 10.7 Å². The lowest BCUT2D eigenvalue weighted by molar-refractivity contribution is -0.115. The zero-order valence-electron chi connectivity index (χ0n) is 21.6. The largest absolute Gasteiger partial charge is 0.457 e. The molecule has 2 aromatic heterocycles. The first-order chi connectivity index (χ1) is 18.6. The van der Waals surface area contributed by atoms with Gasteiger partial charge in [0.2, 0.25) is 11.8 Å². The molecule has 0 spiro atoms. The molecule has 0 radical (unpaired) electrons. The number of hydrogen-bond acceptors (Lipinski definition) is 5. The minimum Gasteiger partial charge on any atom is -0.457 e. The van der Waals surface area contributed by atoms with E-state index in [9.17, 15) is 4.79 Å². The zero-order chi connectivity index (χ0) is 27.6. The lowest BCUT2D eigenvalue weighted by Crippen LogP contribution is -2.32. The number of carbonyl (C=O) groups excluding carboxylic acids is 1. The lowest BCUT2D eigenvalue weighted by atomic mass is 9.87. The van der Waals surface area contributed by atoms with Gasteiger partial charge in [0.25, 0.3) is 0 Å². The maximum atomic E-state index is 12.4. The van der Waals surface area contributed by atoms with Crippen LogP contribution >= 0.6 is 23.8 Å². The summed E-state index contributed by atoms with van der Waals surface area (Å²) < 4.78 is 11.7. The van der Waals surface area contributed by atoms with Gasteiger partial charge in [-0.15, -0.1) is 0 Å². The molecule has 0 saturated heterocycles. The first-order valence-corrected chi connectivity index (χ1v) is 13.1. The normalized spacial score (nSPS) is 11.7. The number of furan rings is 1. The maximum Gasteiger partial charge on any atom is 0.250 e. The average Bonchev–Trinajstić information content (AvgIpc) is 3.54. The number of amides is 1. The first-order valence-electron chi connectivity index (χ1n) is 12.3. The molecule has 0 aliphatic carbocycles. The summed E-state index contributed by atoms with van der Waals surface area (Å²) in [6, 6.07) is 24.6. The third kappa shape index (κ3) is 6.45. The highest BCUT2D eigenvalue weighted by molar-refractivity contribution is 7.80. The second-order valence-electron chi connectivity index (χ2n) is 10.0. The topological polar surface area (TPSA) is 80.3 Å². The summed E-state index contributed by atoms with van der Waals surface area (Å²) in [6.45, 7) is 6.53. The van der Waals surface area contributed by atoms with Crippen LogP contribution in [0.15, 0.2) is 93.8 Å². The number of hydrogen-bond donors (Lipinski definition) is 2. The number of aromatic nitrogens is 1. The van der Waals surface area contributed by atoms with Crippen molar-refractivity contribution < 1.29 is 13.6 Å². The van der Waals surface area contributed by atoms with E-state index in [1.54, 1.807) is 24.3 Å². The zero-order valence-corrected chi connectivity index (χ0v) is 23.2. The smallest absolute Gasteiger partial charge is 0.250 e. The van der Waals surface area contributed by atoms with Crippen molar-refractivity contribution >= 4 is 57.7 Å². The Labute approximate surface area is 236 Å². The third-order valence-electron chi connectivity index (χ3n) is 6.03. The molecule has 5 rings (SSSR count). The molecule has 0 atom stereocenters. The van der Waals surface area contributed by atoms with E-state index in [0.717, 1.165) is 11.1 Å². The number of anilines is 1. The number of fused-ring (bicyclic) bond motifs is 1. The fraction of sp³-hybridized carbons (Fsp3) is 0.129. The monoisotopic (exact) mass is 555 g/mol. The maximum absolute atomic E-state index is 12.4. The molecule has 0 saturated carbocycles. The van der Waals surface area contributed by atoms with Crippen LogP contribution in [-0.2, 0) is 10.2 Å². The highest BCUT2D eigenvalue weighted by Crippen LogP contribution is 2.29. The number of rotatable bonds is 5. The first kappa shape index (κ1) is 26.4. The van der Waals surface area contributed by atoms with Crippen LogP contribution in [0.5, 0.6) is 0 Å². The van der Waals surface area contributed by atoms with E-state index in [-0.39, 0.29) is 16.4 Å². The van der Waals surface area contributed by atoms with Gasteiger partial charge in [0.05, 0.1) is 0 Å². The summed E-state index contributed by atoms with van der Waals surface area (Å²) in [6.07, 6.45) is 2.94. The van der Waals surface area contributed by atoms with E-state index in [1.165, 1.54) is 11.6 Å². The van der Waals surface area contributed by atoms with Gasteiger partial charge < -0.3 is 14.2 Å². The molecular formula is C31H26ClN3O3S. The summed E-state index contributed by atoms with van der Waals surface area (Å²) in [5.41, 5.74) is 5.13. The summed E-state index contributed by atoms with van der Waals surface area (Å²) >= 11 is 11.3. The van der Waals surface area contributed by atoms with Crippen LogP contribution in [0.25, 0.3) is 40.0 Å². The molecule has 39 heavy (non-hydrogen) atoms. The second kappa shape index (κ2) is 10.9. The van der Waals surface area contributed by atoms with Crippen molar-refractivity contribution in [3.8, 4) is 22.8 Å². The molecule has 0 fully saturated rings. The number of nitrogens with zero attached hydrogens (tertiary/aromatic N) is 1. The van der Waals surface area contributed by atoms with E-state index in [4.69, 9.17) is 32.7 Å². The SMILES string of the molecule is CC(C)(C)c1ccc(-c2nc3cc(NC(=S)NC(=O)C=Cc4ccc(-c5ccc(Cl)cc5)o4)ccc3o2)cc1. The van der Waals surface area contributed by atoms with Crippen molar-refractivity contribution in [2.24, 2.45) is 0 Å². The van der Waals surface area contributed by atoms with Gasteiger partial charge in [-0.1, -0.05) is 44.5 Å². The molecular weight excluding hydrogens is 530 g/mol. The van der Waals surface area contributed by atoms with E-state index in [2.05, 4.69) is 48.5 Å². The minimum atomic E-state index is -0.388. The molecule has 3 aromatic carbocycles. The number of thiocarbonyl (C=S) groups is 1. The van der Waals surface area contributed by atoms with E-state index < -0.39 is 0 Å². The van der Waals surface area contributed by atoms with Gasteiger partial charge in [-0.05, 0) is 96.0 Å². The molecule has 0 aliphatic rings. The Hall–Kier alpha value is -4.20. The molecule has 196 valence electrons. The minimum absolute atomic E-state index is 0.0737. The predicted octanol–water partition coefficient (Wildman–Crippen LogP) is 8.23. The van der Waals surface area contributed by atoms with Gasteiger partial charge in [-0.3, -0.25) is 10.1 Å². The van der Waals surface area contributed by atoms with Crippen molar-refractivity contribution in [1.29, 1.82) is 0 Å². The fourth-order valence-electron chi connectivity index (χ4n) is 3.93. The Kier molecular flexibility index (Phi) is 7.37. The second-order valence-corrected chi connectivity index (χ2v) is 10.9. The van der Waals surface area contributed by atoms with E-state index >= 15 is 0 Å². The number of oxazole rings is 1. The summed E-state index contributed by atoms with van der Waals surface area (Å²) in [4.78, 5) is 17.0. The molecule has 0 aliphatic heterocycles. The van der Waals surface area contributed by atoms with Gasteiger partial charge in [-0.2, -0.15) is 0 Å². The summed E-state index contributed by atoms with van der Waals surface area (Å²) in [5.74, 6) is 1.37. The molecule has 6 nitrogen and oxygen atoms in total. The van der Waals surface area contributed by atoms with Crippen molar-refractivity contribution in [2.75, 3.05) is 5.32 Å². The Morgan fingerprint density at radius 1 is 0.923 bits per heavy atom. The van der Waals surface area contributed by atoms with Gasteiger partial charge in [-0.25, -0.2) is 4.98 Å². The highest BCUT2D eigenvalue weighted by atomic mass is 35.5. The molecule has 0 unspecified atom stereocenters. The Morgan fingerprint density at radius 2 is 1.64 bits per heavy atom. The van der Waals surface area contributed by atoms with Gasteiger partial charge >= 0.3 is 0 Å². The Bertz CT molecular complexity index is 1680. The summed E-state index contributed by atoms with van der Waals surface area (Å²) in [7, 11) is 0. The number of benzene rings is 3. The molecule has 2 N–H and O–H groups in total. The number of nitrogens with one attached hydrogen (secondary N) is 2. The summed E-state index contributed by atoms with van der Waals surface area (Å²) in [5, 5.41) is 6.46. The van der Waals surface area contributed by atoms with Gasteiger partial charge in [0, 0.05) is 27.9 Å². The predicted molar refractivity (Wildman–Crippen MR) is 161 cm³/mol. The number of carbonyl (C=O) groups is 1. The van der Waals surface area contributed by atoms with Crippen molar-refractivity contribution in [2.45, 2.75) is 26.2 Å². The van der Waals surface area contributed by atoms with Crippen LogP contribution in [0.3, 0.4) is 0 Å². The van der Waals surface area contributed by atoms with Crippen LogP contribution < -0.4 is 10.6 Å². The highest BCUT2D eigenvalue weighted by Gasteiger charge is 2.15.